The van der Waals surface area contributed by atoms with Crippen molar-refractivity contribution in [3.63, 3.8) is 0 Å². The molecule has 0 fully saturated rings. The smallest absolute Gasteiger partial charge is 0.0716 e. The molecule has 0 atom stereocenters. The van der Waals surface area contributed by atoms with E-state index in [0.29, 0.717) is 0 Å². The van der Waals surface area contributed by atoms with Crippen molar-refractivity contribution in [3.05, 3.63) is 47.9 Å². The van der Waals surface area contributed by atoms with Crippen LogP contribution in [0.5, 0.6) is 0 Å². The highest BCUT2D eigenvalue weighted by Crippen LogP contribution is 2.30. The lowest BCUT2D eigenvalue weighted by atomic mass is 10.1. The fourth-order valence-corrected chi connectivity index (χ4v) is 2.26. The Morgan fingerprint density at radius 1 is 1.29 bits per heavy atom. The number of benzene rings is 1. The second kappa shape index (κ2) is 3.79. The van der Waals surface area contributed by atoms with E-state index in [2.05, 4.69) is 23.2 Å². The van der Waals surface area contributed by atoms with Gasteiger partial charge < -0.3 is 15.0 Å². The molecule has 2 aromatic rings. The van der Waals surface area contributed by atoms with E-state index in [0.717, 1.165) is 22.3 Å². The predicted octanol–water partition coefficient (Wildman–Crippen LogP) is 2.42. The first-order chi connectivity index (χ1) is 8.29. The number of H-pyrrole nitrogens is 1. The van der Waals surface area contributed by atoms with Crippen molar-refractivity contribution < 1.29 is 5.11 Å². The Balaban J connectivity index is 2.32. The summed E-state index contributed by atoms with van der Waals surface area (Å²) in [6.07, 6.45) is 6.02. The molecule has 3 nitrogen and oxygen atoms in total. The summed E-state index contributed by atoms with van der Waals surface area (Å²) in [7, 11) is 1.96. The van der Waals surface area contributed by atoms with Gasteiger partial charge in [-0.1, -0.05) is 18.2 Å². The highest BCUT2D eigenvalue weighted by atomic mass is 16.3. The SMILES string of the molecule is CN1C=Cc2c([nH]c3ccccc23)C(CO)=C1. The minimum atomic E-state index is 0.0336. The molecule has 0 unspecified atom stereocenters. The van der Waals surface area contributed by atoms with Crippen molar-refractivity contribution in [1.82, 2.24) is 9.88 Å². The molecule has 0 aliphatic carbocycles. The monoisotopic (exact) mass is 226 g/mol. The number of hydrogen-bond donors (Lipinski definition) is 2. The molecular formula is C14H14N2O. The number of nitrogens with one attached hydrogen (secondary N) is 1. The Labute approximate surface area is 99.7 Å². The summed E-state index contributed by atoms with van der Waals surface area (Å²) < 4.78 is 0. The third-order valence-electron chi connectivity index (χ3n) is 3.07. The molecule has 0 amide bonds. The van der Waals surface area contributed by atoms with Gasteiger partial charge >= 0.3 is 0 Å². The summed E-state index contributed by atoms with van der Waals surface area (Å²) in [5.41, 5.74) is 4.16. The standard InChI is InChI=1S/C14H14N2O/c1-16-7-6-12-11-4-2-3-5-13(11)15-14(12)10(8-16)9-17/h2-8,15,17H,9H2,1H3. The van der Waals surface area contributed by atoms with Gasteiger partial charge in [0.25, 0.3) is 0 Å². The van der Waals surface area contributed by atoms with E-state index in [1.165, 1.54) is 5.39 Å². The maximum Gasteiger partial charge on any atom is 0.0716 e. The zero-order valence-electron chi connectivity index (χ0n) is 9.64. The minimum Gasteiger partial charge on any atom is -0.392 e. The van der Waals surface area contributed by atoms with Crippen LogP contribution in [-0.2, 0) is 0 Å². The van der Waals surface area contributed by atoms with Crippen molar-refractivity contribution in [2.24, 2.45) is 0 Å². The zero-order valence-corrected chi connectivity index (χ0v) is 9.64. The largest absolute Gasteiger partial charge is 0.392 e. The third kappa shape index (κ3) is 1.56. The van der Waals surface area contributed by atoms with Crippen LogP contribution in [0.1, 0.15) is 11.3 Å². The Bertz CT molecular complexity index is 622. The summed E-state index contributed by atoms with van der Waals surface area (Å²) in [6.45, 7) is 0.0336. The molecule has 1 aromatic heterocycles. The van der Waals surface area contributed by atoms with Crippen molar-refractivity contribution in [2.75, 3.05) is 13.7 Å². The molecule has 1 aliphatic rings. The molecule has 1 aromatic carbocycles. The number of aliphatic hydroxyl groups excluding tert-OH is 1. The number of hydrogen-bond acceptors (Lipinski definition) is 2. The van der Waals surface area contributed by atoms with Gasteiger partial charge in [-0.05, 0) is 12.1 Å². The molecule has 1 aliphatic heterocycles. The van der Waals surface area contributed by atoms with Crippen molar-refractivity contribution in [3.8, 4) is 0 Å². The van der Waals surface area contributed by atoms with E-state index in [1.807, 2.05) is 36.5 Å². The molecule has 2 heterocycles. The van der Waals surface area contributed by atoms with Gasteiger partial charge in [0.15, 0.2) is 0 Å². The quantitative estimate of drug-likeness (QED) is 0.783. The number of aliphatic hydroxyl groups is 1. The van der Waals surface area contributed by atoms with E-state index in [-0.39, 0.29) is 6.61 Å². The van der Waals surface area contributed by atoms with Gasteiger partial charge in [0.2, 0.25) is 0 Å². The Hall–Kier alpha value is -2.00. The summed E-state index contributed by atoms with van der Waals surface area (Å²) in [5.74, 6) is 0. The normalized spacial score (nSPS) is 14.7. The lowest BCUT2D eigenvalue weighted by Crippen LogP contribution is -2.02. The average Bonchev–Trinajstić information content (AvgIpc) is 2.64. The number of aromatic amines is 1. The van der Waals surface area contributed by atoms with E-state index < -0.39 is 0 Å². The van der Waals surface area contributed by atoms with Gasteiger partial charge in [0, 0.05) is 41.5 Å². The topological polar surface area (TPSA) is 39.3 Å². The molecule has 86 valence electrons. The van der Waals surface area contributed by atoms with Crippen molar-refractivity contribution in [1.29, 1.82) is 0 Å². The Morgan fingerprint density at radius 3 is 2.94 bits per heavy atom. The van der Waals surface area contributed by atoms with Gasteiger partial charge in [-0.3, -0.25) is 0 Å². The fraction of sp³-hybridized carbons (Fsp3) is 0.143. The second-order valence-electron chi connectivity index (χ2n) is 4.25. The first-order valence-corrected chi connectivity index (χ1v) is 5.62. The van der Waals surface area contributed by atoms with Gasteiger partial charge in [-0.15, -0.1) is 0 Å². The summed E-state index contributed by atoms with van der Waals surface area (Å²) in [4.78, 5) is 5.32. The van der Waals surface area contributed by atoms with Crippen LogP contribution in [0.25, 0.3) is 22.6 Å². The van der Waals surface area contributed by atoms with Gasteiger partial charge in [0.05, 0.1) is 12.3 Å². The average molecular weight is 226 g/mol. The number of rotatable bonds is 1. The fourth-order valence-electron chi connectivity index (χ4n) is 2.26. The number of aromatic nitrogens is 1. The number of fused-ring (bicyclic) bond motifs is 3. The maximum atomic E-state index is 9.46. The van der Waals surface area contributed by atoms with Crippen LogP contribution < -0.4 is 0 Å². The lowest BCUT2D eigenvalue weighted by molar-refractivity contribution is 0.348. The molecular weight excluding hydrogens is 212 g/mol. The van der Waals surface area contributed by atoms with Crippen LogP contribution in [0, 0.1) is 0 Å². The Kier molecular flexibility index (Phi) is 2.27. The third-order valence-corrected chi connectivity index (χ3v) is 3.07. The molecule has 0 saturated carbocycles. The van der Waals surface area contributed by atoms with Crippen LogP contribution in [-0.4, -0.2) is 28.6 Å². The second-order valence-corrected chi connectivity index (χ2v) is 4.25. The summed E-state index contributed by atoms with van der Waals surface area (Å²) in [6, 6.07) is 8.18. The van der Waals surface area contributed by atoms with Gasteiger partial charge in [-0.2, -0.15) is 0 Å². The van der Waals surface area contributed by atoms with Gasteiger partial charge in [0.1, 0.15) is 0 Å². The molecule has 3 heteroatoms. The highest BCUT2D eigenvalue weighted by Gasteiger charge is 2.14. The van der Waals surface area contributed by atoms with Crippen LogP contribution in [0.3, 0.4) is 0 Å². The molecule has 0 spiro atoms. The van der Waals surface area contributed by atoms with E-state index in [1.54, 1.807) is 0 Å². The minimum absolute atomic E-state index is 0.0336. The predicted molar refractivity (Wildman–Crippen MR) is 70.2 cm³/mol. The van der Waals surface area contributed by atoms with Crippen molar-refractivity contribution in [2.45, 2.75) is 0 Å². The number of para-hydroxylation sites is 1. The zero-order chi connectivity index (χ0) is 11.8. The molecule has 0 bridgehead atoms. The summed E-state index contributed by atoms with van der Waals surface area (Å²) >= 11 is 0. The van der Waals surface area contributed by atoms with E-state index >= 15 is 0 Å². The van der Waals surface area contributed by atoms with Gasteiger partial charge in [-0.25, -0.2) is 0 Å². The molecule has 0 saturated heterocycles. The highest BCUT2D eigenvalue weighted by molar-refractivity contribution is 5.95. The Morgan fingerprint density at radius 2 is 2.12 bits per heavy atom. The van der Waals surface area contributed by atoms with Crippen LogP contribution in [0.15, 0.2) is 36.7 Å². The van der Waals surface area contributed by atoms with Crippen LogP contribution in [0.2, 0.25) is 0 Å². The molecule has 17 heavy (non-hydrogen) atoms. The molecule has 3 rings (SSSR count). The maximum absolute atomic E-state index is 9.46. The lowest BCUT2D eigenvalue weighted by Gasteiger charge is -2.07. The van der Waals surface area contributed by atoms with E-state index in [4.69, 9.17) is 0 Å². The molecule has 0 radical (unpaired) electrons. The first kappa shape index (κ1) is 10.2. The number of nitrogens with zero attached hydrogens (tertiary/aromatic N) is 1. The molecule has 2 N–H and O–H groups in total. The van der Waals surface area contributed by atoms with Crippen LogP contribution >= 0.6 is 0 Å². The summed E-state index contributed by atoms with van der Waals surface area (Å²) in [5, 5.41) is 10.7. The van der Waals surface area contributed by atoms with Crippen LogP contribution in [0.4, 0.5) is 0 Å². The van der Waals surface area contributed by atoms with E-state index in [9.17, 15) is 5.11 Å². The van der Waals surface area contributed by atoms with Crippen molar-refractivity contribution >= 4 is 22.6 Å². The first-order valence-electron chi connectivity index (χ1n) is 5.62.